The lowest BCUT2D eigenvalue weighted by Crippen LogP contribution is -2.23. The molecule has 0 unspecified atom stereocenters. The Bertz CT molecular complexity index is 1140. The number of aromatic nitrogens is 3. The van der Waals surface area contributed by atoms with Crippen molar-refractivity contribution in [3.05, 3.63) is 80.2 Å². The van der Waals surface area contributed by atoms with E-state index in [4.69, 9.17) is 21.4 Å². The van der Waals surface area contributed by atoms with Crippen molar-refractivity contribution in [1.29, 1.82) is 0 Å². The number of carbonyl (C=O) groups is 1. The number of ether oxygens (including phenoxy) is 1. The number of carbonyl (C=O) groups excluding carboxylic acids is 1. The number of aldehydes is 1. The van der Waals surface area contributed by atoms with Gasteiger partial charge < -0.3 is 9.84 Å². The second-order valence-electron chi connectivity index (χ2n) is 5.99. The van der Waals surface area contributed by atoms with Crippen molar-refractivity contribution >= 4 is 17.9 Å². The van der Waals surface area contributed by atoms with Gasteiger partial charge in [-0.15, -0.1) is 0 Å². The van der Waals surface area contributed by atoms with E-state index < -0.39 is 17.2 Å². The van der Waals surface area contributed by atoms with Crippen LogP contribution in [0.5, 0.6) is 5.75 Å². The number of nitrogens with zero attached hydrogens (tertiary/aromatic N) is 3. The summed E-state index contributed by atoms with van der Waals surface area (Å²) in [7, 11) is 1.00. The van der Waals surface area contributed by atoms with Gasteiger partial charge >= 0.3 is 0 Å². The number of halogens is 3. The van der Waals surface area contributed by atoms with Crippen molar-refractivity contribution < 1.29 is 23.4 Å². The Morgan fingerprint density at radius 3 is 2.50 bits per heavy atom. The van der Waals surface area contributed by atoms with Gasteiger partial charge in [-0.25, -0.2) is 8.78 Å². The molecular weight excluding hydrogens is 420 g/mol. The van der Waals surface area contributed by atoms with Gasteiger partial charge in [0, 0.05) is 31.1 Å². The average Bonchev–Trinajstić information content (AvgIpc) is 2.73. The Labute approximate surface area is 175 Å². The summed E-state index contributed by atoms with van der Waals surface area (Å²) >= 11 is 6.16. The molecule has 30 heavy (non-hydrogen) atoms. The molecule has 3 aromatic rings. The Balaban J connectivity index is 0.00000155. The normalized spacial score (nSPS) is 10.2. The van der Waals surface area contributed by atoms with Crippen LogP contribution in [0, 0.1) is 25.5 Å². The highest BCUT2D eigenvalue weighted by atomic mass is 35.5. The van der Waals surface area contributed by atoms with E-state index in [2.05, 4.69) is 9.97 Å². The standard InChI is InChI=1S/C19H14ClF2N3O3.CH4O/c1-10-6-23-13(8-26)5-16(10)25-11(2)3-17(18(20)19(25)27)28-9-15-14(22)4-12(21)7-24-15;1-2/h3-8H,9H2,1-2H3;2H,1H3. The Morgan fingerprint density at radius 1 is 1.17 bits per heavy atom. The van der Waals surface area contributed by atoms with Crippen LogP contribution < -0.4 is 10.3 Å². The summed E-state index contributed by atoms with van der Waals surface area (Å²) in [5.74, 6) is -1.64. The molecule has 0 bridgehead atoms. The maximum atomic E-state index is 13.7. The van der Waals surface area contributed by atoms with Crippen molar-refractivity contribution in [1.82, 2.24) is 14.5 Å². The molecular formula is C20H18ClF2N3O4. The lowest BCUT2D eigenvalue weighted by molar-refractivity contribution is 0.111. The van der Waals surface area contributed by atoms with E-state index in [9.17, 15) is 18.4 Å². The first-order valence-electron chi connectivity index (χ1n) is 8.53. The first-order chi connectivity index (χ1) is 14.3. The lowest BCUT2D eigenvalue weighted by atomic mass is 10.2. The van der Waals surface area contributed by atoms with Gasteiger partial charge in [-0.1, -0.05) is 11.6 Å². The van der Waals surface area contributed by atoms with Gasteiger partial charge in [0.1, 0.15) is 34.6 Å². The zero-order valence-electron chi connectivity index (χ0n) is 16.3. The first-order valence-corrected chi connectivity index (χ1v) is 8.91. The zero-order chi connectivity index (χ0) is 22.4. The summed E-state index contributed by atoms with van der Waals surface area (Å²) in [4.78, 5) is 31.4. The van der Waals surface area contributed by atoms with Gasteiger partial charge in [-0.05, 0) is 25.5 Å². The molecule has 0 aliphatic rings. The minimum atomic E-state index is -0.866. The number of hydrogen-bond acceptors (Lipinski definition) is 6. The van der Waals surface area contributed by atoms with Crippen LogP contribution in [0.1, 0.15) is 27.4 Å². The molecule has 0 aromatic carbocycles. The second kappa shape index (κ2) is 10.0. The molecule has 0 amide bonds. The van der Waals surface area contributed by atoms with Crippen LogP contribution in [0.2, 0.25) is 5.02 Å². The molecule has 3 aromatic heterocycles. The summed E-state index contributed by atoms with van der Waals surface area (Å²) < 4.78 is 33.4. The average molecular weight is 438 g/mol. The predicted molar refractivity (Wildman–Crippen MR) is 106 cm³/mol. The van der Waals surface area contributed by atoms with Crippen molar-refractivity contribution in [2.24, 2.45) is 0 Å². The summed E-state index contributed by atoms with van der Waals surface area (Å²) in [5.41, 5.74) is 1.07. The maximum absolute atomic E-state index is 13.7. The quantitative estimate of drug-likeness (QED) is 0.616. The predicted octanol–water partition coefficient (Wildman–Crippen LogP) is 3.18. The molecule has 0 saturated carbocycles. The molecule has 3 heterocycles. The van der Waals surface area contributed by atoms with Crippen LogP contribution >= 0.6 is 11.6 Å². The highest BCUT2D eigenvalue weighted by Crippen LogP contribution is 2.25. The van der Waals surface area contributed by atoms with E-state index in [0.29, 0.717) is 29.3 Å². The number of aryl methyl sites for hydroxylation is 2. The molecule has 0 aliphatic heterocycles. The lowest BCUT2D eigenvalue weighted by Gasteiger charge is -2.16. The van der Waals surface area contributed by atoms with Crippen LogP contribution in [0.4, 0.5) is 8.78 Å². The summed E-state index contributed by atoms with van der Waals surface area (Å²) in [5, 5.41) is 6.77. The maximum Gasteiger partial charge on any atom is 0.277 e. The van der Waals surface area contributed by atoms with E-state index in [1.807, 2.05) is 0 Å². The molecule has 7 nitrogen and oxygen atoms in total. The van der Waals surface area contributed by atoms with Crippen LogP contribution in [-0.4, -0.2) is 33.0 Å². The van der Waals surface area contributed by atoms with Crippen molar-refractivity contribution in [2.45, 2.75) is 20.5 Å². The third-order valence-corrected chi connectivity index (χ3v) is 4.35. The van der Waals surface area contributed by atoms with E-state index in [-0.39, 0.29) is 28.8 Å². The highest BCUT2D eigenvalue weighted by molar-refractivity contribution is 6.31. The molecule has 0 spiro atoms. The van der Waals surface area contributed by atoms with Gasteiger partial charge in [0.2, 0.25) is 0 Å². The third kappa shape index (κ3) is 4.87. The molecule has 0 saturated heterocycles. The van der Waals surface area contributed by atoms with Gasteiger partial charge in [0.05, 0.1) is 11.9 Å². The van der Waals surface area contributed by atoms with Gasteiger partial charge in [-0.3, -0.25) is 24.1 Å². The Kier molecular flexibility index (Phi) is 7.73. The minimum Gasteiger partial charge on any atom is -0.485 e. The third-order valence-electron chi connectivity index (χ3n) is 4.01. The Hall–Kier alpha value is -3.17. The van der Waals surface area contributed by atoms with Crippen molar-refractivity contribution in [2.75, 3.05) is 7.11 Å². The van der Waals surface area contributed by atoms with Crippen molar-refractivity contribution in [3.63, 3.8) is 0 Å². The summed E-state index contributed by atoms with van der Waals surface area (Å²) in [6.45, 7) is 3.06. The number of pyridine rings is 3. The fourth-order valence-corrected chi connectivity index (χ4v) is 2.81. The fourth-order valence-electron chi connectivity index (χ4n) is 2.62. The van der Waals surface area contributed by atoms with E-state index >= 15 is 0 Å². The van der Waals surface area contributed by atoms with Gasteiger partial charge in [0.15, 0.2) is 12.1 Å². The zero-order valence-corrected chi connectivity index (χ0v) is 17.1. The molecule has 0 fully saturated rings. The monoisotopic (exact) mass is 437 g/mol. The highest BCUT2D eigenvalue weighted by Gasteiger charge is 2.17. The van der Waals surface area contributed by atoms with Crippen LogP contribution in [-0.2, 0) is 6.61 Å². The van der Waals surface area contributed by atoms with Gasteiger partial charge in [-0.2, -0.15) is 0 Å². The number of aliphatic hydroxyl groups is 1. The Morgan fingerprint density at radius 2 is 1.87 bits per heavy atom. The second-order valence-corrected chi connectivity index (χ2v) is 6.37. The SMILES string of the molecule is CO.Cc1cnc(C=O)cc1-n1c(C)cc(OCc2ncc(F)cc2F)c(Cl)c1=O. The summed E-state index contributed by atoms with van der Waals surface area (Å²) in [6.07, 6.45) is 2.92. The molecule has 0 radical (unpaired) electrons. The van der Waals surface area contributed by atoms with E-state index in [0.717, 1.165) is 13.3 Å². The van der Waals surface area contributed by atoms with Crippen LogP contribution in [0.3, 0.4) is 0 Å². The number of hydrogen-bond donors (Lipinski definition) is 1. The van der Waals surface area contributed by atoms with Crippen LogP contribution in [0.15, 0.2) is 35.4 Å². The minimum absolute atomic E-state index is 0.0354. The topological polar surface area (TPSA) is 94.3 Å². The van der Waals surface area contributed by atoms with Gasteiger partial charge in [0.25, 0.3) is 5.56 Å². The summed E-state index contributed by atoms with van der Waals surface area (Å²) in [6, 6.07) is 3.67. The largest absolute Gasteiger partial charge is 0.485 e. The van der Waals surface area contributed by atoms with Crippen molar-refractivity contribution in [3.8, 4) is 11.4 Å². The first kappa shape index (κ1) is 23.1. The molecule has 1 N–H and O–H groups in total. The van der Waals surface area contributed by atoms with Crippen LogP contribution in [0.25, 0.3) is 5.69 Å². The molecule has 10 heteroatoms. The molecule has 3 rings (SSSR count). The number of rotatable bonds is 5. The smallest absolute Gasteiger partial charge is 0.277 e. The van der Waals surface area contributed by atoms with E-state index in [1.54, 1.807) is 13.8 Å². The fraction of sp³-hybridized carbons (Fsp3) is 0.200. The molecule has 0 atom stereocenters. The van der Waals surface area contributed by atoms with E-state index in [1.165, 1.54) is 22.9 Å². The molecule has 0 aliphatic carbocycles. The number of aliphatic hydroxyl groups excluding tert-OH is 1. The molecule has 158 valence electrons.